The van der Waals surface area contributed by atoms with Crippen molar-refractivity contribution in [1.82, 2.24) is 19.6 Å². The van der Waals surface area contributed by atoms with Crippen molar-refractivity contribution in [2.24, 2.45) is 0 Å². The molecular formula is C15H19ClN6. The Morgan fingerprint density at radius 3 is 2.82 bits per heavy atom. The van der Waals surface area contributed by atoms with Crippen molar-refractivity contribution in [3.05, 3.63) is 22.5 Å². The number of aromatic nitrogens is 4. The summed E-state index contributed by atoms with van der Waals surface area (Å²) >= 11 is 6.54. The highest BCUT2D eigenvalue weighted by Crippen LogP contribution is 2.32. The standard InChI is InChI=1S/C15H19ClN6/c1-10(2)20(3)15-11(8-17)9-18-22(15)14-13(16)12-6-4-5-7-21(12)19-14/h9-10H,4-7H2,1-3H3. The number of hydrogen-bond donors (Lipinski definition) is 0. The van der Waals surface area contributed by atoms with Crippen LogP contribution in [0.5, 0.6) is 0 Å². The maximum Gasteiger partial charge on any atom is 0.196 e. The number of rotatable bonds is 3. The third kappa shape index (κ3) is 2.26. The second-order valence-electron chi connectivity index (χ2n) is 5.87. The van der Waals surface area contributed by atoms with Crippen LogP contribution in [0.3, 0.4) is 0 Å². The Morgan fingerprint density at radius 2 is 2.18 bits per heavy atom. The minimum absolute atomic E-state index is 0.235. The summed E-state index contributed by atoms with van der Waals surface area (Å²) in [6.45, 7) is 5.02. The third-order valence-electron chi connectivity index (χ3n) is 4.18. The number of halogens is 1. The van der Waals surface area contributed by atoms with Gasteiger partial charge in [-0.3, -0.25) is 4.68 Å². The normalized spacial score (nSPS) is 14.0. The number of aryl methyl sites for hydroxylation is 1. The zero-order valence-corrected chi connectivity index (χ0v) is 13.8. The van der Waals surface area contributed by atoms with Crippen LogP contribution in [0.1, 0.15) is 37.9 Å². The molecule has 0 radical (unpaired) electrons. The predicted octanol–water partition coefficient (Wildman–Crippen LogP) is 2.77. The molecule has 2 aromatic rings. The number of nitrogens with zero attached hydrogens (tertiary/aromatic N) is 6. The van der Waals surface area contributed by atoms with Gasteiger partial charge in [0.25, 0.3) is 0 Å². The first-order valence-electron chi connectivity index (χ1n) is 7.51. The molecule has 3 rings (SSSR count). The highest BCUT2D eigenvalue weighted by atomic mass is 35.5. The van der Waals surface area contributed by atoms with E-state index >= 15 is 0 Å². The van der Waals surface area contributed by atoms with Crippen LogP contribution in [0.25, 0.3) is 5.82 Å². The van der Waals surface area contributed by atoms with Gasteiger partial charge in [-0.2, -0.15) is 20.1 Å². The van der Waals surface area contributed by atoms with Gasteiger partial charge in [-0.25, -0.2) is 0 Å². The molecule has 0 saturated carbocycles. The summed E-state index contributed by atoms with van der Waals surface area (Å²) in [5.74, 6) is 1.34. The first-order valence-corrected chi connectivity index (χ1v) is 7.89. The molecular weight excluding hydrogens is 300 g/mol. The molecule has 0 bridgehead atoms. The Morgan fingerprint density at radius 1 is 1.41 bits per heavy atom. The zero-order valence-electron chi connectivity index (χ0n) is 13.0. The van der Waals surface area contributed by atoms with Crippen molar-refractivity contribution in [2.75, 3.05) is 11.9 Å². The fourth-order valence-electron chi connectivity index (χ4n) is 2.73. The number of anilines is 1. The quantitative estimate of drug-likeness (QED) is 0.873. The fourth-order valence-corrected chi connectivity index (χ4v) is 3.04. The molecule has 7 heteroatoms. The molecule has 0 aliphatic carbocycles. The second-order valence-corrected chi connectivity index (χ2v) is 6.25. The van der Waals surface area contributed by atoms with Gasteiger partial charge < -0.3 is 4.90 Å². The van der Waals surface area contributed by atoms with Gasteiger partial charge in [0, 0.05) is 19.6 Å². The summed E-state index contributed by atoms with van der Waals surface area (Å²) in [6.07, 6.45) is 4.76. The Bertz CT molecular complexity index is 736. The van der Waals surface area contributed by atoms with Crippen molar-refractivity contribution < 1.29 is 0 Å². The maximum absolute atomic E-state index is 9.35. The third-order valence-corrected chi connectivity index (χ3v) is 4.57. The lowest BCUT2D eigenvalue weighted by Crippen LogP contribution is -2.28. The highest BCUT2D eigenvalue weighted by molar-refractivity contribution is 6.32. The first-order chi connectivity index (χ1) is 10.5. The lowest BCUT2D eigenvalue weighted by molar-refractivity contribution is 0.484. The molecule has 1 aliphatic heterocycles. The highest BCUT2D eigenvalue weighted by Gasteiger charge is 2.25. The van der Waals surface area contributed by atoms with E-state index in [2.05, 4.69) is 30.1 Å². The molecule has 0 spiro atoms. The molecule has 116 valence electrons. The fraction of sp³-hybridized carbons (Fsp3) is 0.533. The van der Waals surface area contributed by atoms with Crippen LogP contribution in [0.4, 0.5) is 5.82 Å². The van der Waals surface area contributed by atoms with E-state index in [1.807, 2.05) is 16.6 Å². The molecule has 2 aromatic heterocycles. The molecule has 0 fully saturated rings. The molecule has 3 heterocycles. The van der Waals surface area contributed by atoms with Crippen molar-refractivity contribution in [3.8, 4) is 11.9 Å². The van der Waals surface area contributed by atoms with Gasteiger partial charge in [0.05, 0.1) is 11.9 Å². The van der Waals surface area contributed by atoms with E-state index in [-0.39, 0.29) is 6.04 Å². The minimum Gasteiger partial charge on any atom is -0.356 e. The predicted molar refractivity (Wildman–Crippen MR) is 85.6 cm³/mol. The van der Waals surface area contributed by atoms with E-state index in [9.17, 15) is 5.26 Å². The smallest absolute Gasteiger partial charge is 0.196 e. The van der Waals surface area contributed by atoms with E-state index in [0.29, 0.717) is 16.4 Å². The van der Waals surface area contributed by atoms with E-state index in [0.717, 1.165) is 37.3 Å². The van der Waals surface area contributed by atoms with Crippen molar-refractivity contribution in [3.63, 3.8) is 0 Å². The summed E-state index contributed by atoms with van der Waals surface area (Å²) in [5, 5.41) is 19.0. The Labute approximate surface area is 134 Å². The lowest BCUT2D eigenvalue weighted by atomic mass is 10.1. The van der Waals surface area contributed by atoms with E-state index in [1.165, 1.54) is 0 Å². The van der Waals surface area contributed by atoms with Gasteiger partial charge in [-0.15, -0.1) is 0 Å². The van der Waals surface area contributed by atoms with Crippen molar-refractivity contribution >= 4 is 17.4 Å². The summed E-state index contributed by atoms with van der Waals surface area (Å²) in [7, 11) is 1.95. The van der Waals surface area contributed by atoms with Gasteiger partial charge in [-0.05, 0) is 33.1 Å². The Balaban J connectivity index is 2.15. The van der Waals surface area contributed by atoms with Gasteiger partial charge in [0.1, 0.15) is 16.7 Å². The van der Waals surface area contributed by atoms with Gasteiger partial charge in [-0.1, -0.05) is 11.6 Å². The van der Waals surface area contributed by atoms with Gasteiger partial charge in [0.2, 0.25) is 0 Å². The minimum atomic E-state index is 0.235. The number of nitriles is 1. The second kappa shape index (κ2) is 5.65. The van der Waals surface area contributed by atoms with E-state index in [1.54, 1.807) is 10.9 Å². The summed E-state index contributed by atoms with van der Waals surface area (Å²) in [6, 6.07) is 2.43. The van der Waals surface area contributed by atoms with Crippen LogP contribution in [0, 0.1) is 11.3 Å². The van der Waals surface area contributed by atoms with E-state index in [4.69, 9.17) is 11.6 Å². The van der Waals surface area contributed by atoms with Crippen LogP contribution < -0.4 is 4.90 Å². The van der Waals surface area contributed by atoms with Crippen LogP contribution in [-0.4, -0.2) is 32.7 Å². The first kappa shape index (κ1) is 14.9. The molecule has 0 atom stereocenters. The topological polar surface area (TPSA) is 62.7 Å². The van der Waals surface area contributed by atoms with Crippen LogP contribution in [0.15, 0.2) is 6.20 Å². The largest absolute Gasteiger partial charge is 0.356 e. The Kier molecular flexibility index (Phi) is 3.83. The molecule has 0 amide bonds. The summed E-state index contributed by atoms with van der Waals surface area (Å²) < 4.78 is 3.65. The van der Waals surface area contributed by atoms with Crippen LogP contribution in [0.2, 0.25) is 5.02 Å². The lowest BCUT2D eigenvalue weighted by Gasteiger charge is -2.24. The molecule has 0 saturated heterocycles. The van der Waals surface area contributed by atoms with Gasteiger partial charge in [0.15, 0.2) is 11.6 Å². The average molecular weight is 319 g/mol. The Hall–Kier alpha value is -2.00. The van der Waals surface area contributed by atoms with E-state index < -0.39 is 0 Å². The molecule has 0 aromatic carbocycles. The molecule has 22 heavy (non-hydrogen) atoms. The number of hydrogen-bond acceptors (Lipinski definition) is 4. The van der Waals surface area contributed by atoms with Crippen LogP contribution in [-0.2, 0) is 13.0 Å². The molecule has 0 N–H and O–H groups in total. The summed E-state index contributed by atoms with van der Waals surface area (Å²) in [5.41, 5.74) is 1.59. The molecule has 6 nitrogen and oxygen atoms in total. The van der Waals surface area contributed by atoms with Gasteiger partial charge >= 0.3 is 0 Å². The number of fused-ring (bicyclic) bond motifs is 1. The molecule has 0 unspecified atom stereocenters. The van der Waals surface area contributed by atoms with Crippen LogP contribution >= 0.6 is 11.6 Å². The van der Waals surface area contributed by atoms with Crippen molar-refractivity contribution in [2.45, 2.75) is 45.7 Å². The van der Waals surface area contributed by atoms with Crippen molar-refractivity contribution in [1.29, 1.82) is 5.26 Å². The maximum atomic E-state index is 9.35. The monoisotopic (exact) mass is 318 g/mol. The summed E-state index contributed by atoms with van der Waals surface area (Å²) in [4.78, 5) is 2.01. The molecule has 1 aliphatic rings. The zero-order chi connectivity index (χ0) is 15.9. The average Bonchev–Trinajstić information content (AvgIpc) is 3.08. The SMILES string of the molecule is CC(C)N(C)c1c(C#N)cnn1-c1nn2c(c1Cl)CCCC2.